The molecule has 0 fully saturated rings. The second kappa shape index (κ2) is 7.53. The van der Waals surface area contributed by atoms with Crippen LogP contribution >= 0.6 is 0 Å². The van der Waals surface area contributed by atoms with Crippen molar-refractivity contribution in [2.24, 2.45) is 15.7 Å². The van der Waals surface area contributed by atoms with Gasteiger partial charge in [0.1, 0.15) is 11.5 Å². The van der Waals surface area contributed by atoms with E-state index in [1.807, 2.05) is 0 Å². The van der Waals surface area contributed by atoms with Gasteiger partial charge in [0.05, 0.1) is 22.9 Å². The zero-order valence-electron chi connectivity index (χ0n) is 14.1. The molecule has 6 nitrogen and oxygen atoms in total. The lowest BCUT2D eigenvalue weighted by Gasteiger charge is -2.26. The molecule has 0 aromatic carbocycles. The van der Waals surface area contributed by atoms with Gasteiger partial charge in [-0.2, -0.15) is 5.26 Å². The first-order valence-electron chi connectivity index (χ1n) is 7.58. The van der Waals surface area contributed by atoms with E-state index in [-0.39, 0.29) is 11.7 Å². The first-order valence-corrected chi connectivity index (χ1v) is 7.58. The Morgan fingerprint density at radius 2 is 2.32 bits per heavy atom. The van der Waals surface area contributed by atoms with E-state index in [1.165, 1.54) is 30.7 Å². The van der Waals surface area contributed by atoms with Gasteiger partial charge < -0.3 is 11.1 Å². The highest BCUT2D eigenvalue weighted by atomic mass is 19.1. The van der Waals surface area contributed by atoms with Crippen molar-refractivity contribution in [1.82, 2.24) is 10.3 Å². The number of aromatic nitrogens is 1. The number of guanidine groups is 1. The molecule has 1 aliphatic rings. The lowest BCUT2D eigenvalue weighted by atomic mass is 9.99. The molecule has 0 atom stereocenters. The Balaban J connectivity index is 2.14. The van der Waals surface area contributed by atoms with Crippen molar-refractivity contribution in [3.05, 3.63) is 66.0 Å². The van der Waals surface area contributed by atoms with Crippen LogP contribution in [0.4, 0.5) is 4.39 Å². The summed E-state index contributed by atoms with van der Waals surface area (Å²) in [6.45, 7) is 7.23. The summed E-state index contributed by atoms with van der Waals surface area (Å²) >= 11 is 0. The average Bonchev–Trinajstić information content (AvgIpc) is 3.04. The third-order valence-electron chi connectivity index (χ3n) is 3.56. The van der Waals surface area contributed by atoms with Gasteiger partial charge in [0.25, 0.3) is 0 Å². The molecule has 25 heavy (non-hydrogen) atoms. The maximum absolute atomic E-state index is 13.9. The van der Waals surface area contributed by atoms with Gasteiger partial charge >= 0.3 is 0 Å². The van der Waals surface area contributed by atoms with Crippen molar-refractivity contribution in [2.45, 2.75) is 25.8 Å². The molecule has 3 N–H and O–H groups in total. The van der Waals surface area contributed by atoms with Crippen LogP contribution in [0.2, 0.25) is 0 Å². The van der Waals surface area contributed by atoms with Crippen LogP contribution in [0.15, 0.2) is 64.5 Å². The summed E-state index contributed by atoms with van der Waals surface area (Å²) in [5.41, 5.74) is 7.23. The quantitative estimate of drug-likeness (QED) is 0.490. The van der Waals surface area contributed by atoms with Crippen LogP contribution in [0, 0.1) is 17.1 Å². The van der Waals surface area contributed by atoms with E-state index in [2.05, 4.69) is 32.9 Å². The minimum atomic E-state index is -0.846. The highest BCUT2D eigenvalue weighted by Crippen LogP contribution is 2.20. The van der Waals surface area contributed by atoms with Crippen LogP contribution < -0.4 is 11.1 Å². The second-order valence-electron chi connectivity index (χ2n) is 5.91. The van der Waals surface area contributed by atoms with Crippen LogP contribution in [-0.4, -0.2) is 16.7 Å². The Hall–Kier alpha value is -3.27. The minimum absolute atomic E-state index is 0.0986. The van der Waals surface area contributed by atoms with Crippen molar-refractivity contribution >= 4 is 11.7 Å². The molecule has 1 aromatic heterocycles. The first-order chi connectivity index (χ1) is 11.9. The van der Waals surface area contributed by atoms with E-state index in [1.54, 1.807) is 19.9 Å². The number of allylic oxidation sites excluding steroid dienone is 3. The van der Waals surface area contributed by atoms with E-state index in [0.717, 1.165) is 0 Å². The largest absolute Gasteiger partial charge is 0.370 e. The monoisotopic (exact) mass is 338 g/mol. The molecule has 0 saturated heterocycles. The van der Waals surface area contributed by atoms with Gasteiger partial charge in [0.15, 0.2) is 5.96 Å². The van der Waals surface area contributed by atoms with Crippen molar-refractivity contribution in [3.8, 4) is 6.07 Å². The SMILES string of the molecule is C=C/C(=C\N=C(/N)NC(C)(C)c1ncccc1F)C1=NC=C(C#N)C1. The molecule has 2 rings (SSSR count). The third kappa shape index (κ3) is 4.38. The molecule has 128 valence electrons. The molecular formula is C18H19FN6. The number of pyridine rings is 1. The molecule has 1 aromatic rings. The predicted octanol–water partition coefficient (Wildman–Crippen LogP) is 2.68. The Bertz CT molecular complexity index is 839. The maximum Gasteiger partial charge on any atom is 0.193 e. The second-order valence-corrected chi connectivity index (χ2v) is 5.91. The standard InChI is InChI=1S/C18H19FN6/c1-4-13(15-8-12(9-20)10-23-15)11-24-17(21)25-18(2,3)16-14(19)6-5-7-22-16/h4-7,10-11H,1,8H2,2-3H3,(H3,21,24,25)/b13-11+. The van der Waals surface area contributed by atoms with E-state index in [0.29, 0.717) is 23.3 Å². The fourth-order valence-electron chi connectivity index (χ4n) is 2.31. The number of rotatable bonds is 5. The fourth-order valence-corrected chi connectivity index (χ4v) is 2.31. The van der Waals surface area contributed by atoms with E-state index >= 15 is 0 Å². The van der Waals surface area contributed by atoms with Gasteiger partial charge in [0.2, 0.25) is 0 Å². The van der Waals surface area contributed by atoms with Crippen LogP contribution in [0.3, 0.4) is 0 Å². The number of nitrogens with two attached hydrogens (primary N) is 1. The molecule has 0 bridgehead atoms. The molecule has 0 radical (unpaired) electrons. The molecule has 0 amide bonds. The topological polar surface area (TPSA) is 99.4 Å². The first kappa shape index (κ1) is 18.1. The summed E-state index contributed by atoms with van der Waals surface area (Å²) < 4.78 is 13.9. The van der Waals surface area contributed by atoms with Crippen molar-refractivity contribution < 1.29 is 4.39 Å². The third-order valence-corrected chi connectivity index (χ3v) is 3.56. The Morgan fingerprint density at radius 3 is 2.92 bits per heavy atom. The Morgan fingerprint density at radius 1 is 1.56 bits per heavy atom. The van der Waals surface area contributed by atoms with E-state index in [9.17, 15) is 4.39 Å². The number of nitriles is 1. The zero-order chi connectivity index (χ0) is 18.4. The summed E-state index contributed by atoms with van der Waals surface area (Å²) in [6, 6.07) is 4.93. The molecular weight excluding hydrogens is 319 g/mol. The molecule has 7 heteroatoms. The van der Waals surface area contributed by atoms with Crippen molar-refractivity contribution in [2.75, 3.05) is 0 Å². The van der Waals surface area contributed by atoms with Crippen molar-refractivity contribution in [3.63, 3.8) is 0 Å². The van der Waals surface area contributed by atoms with Gasteiger partial charge in [-0.15, -0.1) is 0 Å². The van der Waals surface area contributed by atoms with Gasteiger partial charge in [-0.05, 0) is 26.0 Å². The predicted molar refractivity (Wildman–Crippen MR) is 96.0 cm³/mol. The van der Waals surface area contributed by atoms with E-state index in [4.69, 9.17) is 11.0 Å². The molecule has 1 aliphatic heterocycles. The number of hydrogen-bond donors (Lipinski definition) is 2. The average molecular weight is 338 g/mol. The summed E-state index contributed by atoms with van der Waals surface area (Å²) in [4.78, 5) is 12.4. The van der Waals surface area contributed by atoms with Gasteiger partial charge in [0, 0.05) is 30.6 Å². The van der Waals surface area contributed by atoms with Gasteiger partial charge in [-0.1, -0.05) is 12.7 Å². The smallest absolute Gasteiger partial charge is 0.193 e. The van der Waals surface area contributed by atoms with Gasteiger partial charge in [-0.25, -0.2) is 9.38 Å². The maximum atomic E-state index is 13.9. The Labute approximate surface area is 146 Å². The zero-order valence-corrected chi connectivity index (χ0v) is 14.1. The number of nitrogens with one attached hydrogen (secondary N) is 1. The number of hydrogen-bond acceptors (Lipinski definition) is 4. The summed E-state index contributed by atoms with van der Waals surface area (Å²) in [5.74, 6) is -0.327. The molecule has 0 aliphatic carbocycles. The van der Waals surface area contributed by atoms with Crippen LogP contribution in [-0.2, 0) is 5.54 Å². The van der Waals surface area contributed by atoms with Crippen molar-refractivity contribution in [1.29, 1.82) is 5.26 Å². The van der Waals surface area contributed by atoms with Crippen LogP contribution in [0.25, 0.3) is 0 Å². The number of aliphatic imine (C=N–C) groups is 2. The highest BCUT2D eigenvalue weighted by Gasteiger charge is 2.26. The summed E-state index contributed by atoms with van der Waals surface area (Å²) in [7, 11) is 0. The molecule has 0 unspecified atom stereocenters. The Kier molecular flexibility index (Phi) is 5.45. The minimum Gasteiger partial charge on any atom is -0.370 e. The summed E-state index contributed by atoms with van der Waals surface area (Å²) in [6.07, 6.45) is 6.57. The van der Waals surface area contributed by atoms with Gasteiger partial charge in [-0.3, -0.25) is 9.98 Å². The lowest BCUT2D eigenvalue weighted by molar-refractivity contribution is 0.434. The van der Waals surface area contributed by atoms with E-state index < -0.39 is 11.4 Å². The summed E-state index contributed by atoms with van der Waals surface area (Å²) in [5, 5.41) is 11.8. The molecule has 2 heterocycles. The molecule has 0 spiro atoms. The fraction of sp³-hybridized carbons (Fsp3) is 0.222. The number of nitrogens with zero attached hydrogens (tertiary/aromatic N) is 4. The molecule has 0 saturated carbocycles. The number of halogens is 1. The lowest BCUT2D eigenvalue weighted by Crippen LogP contribution is -2.46. The normalized spacial score (nSPS) is 15.3. The highest BCUT2D eigenvalue weighted by molar-refractivity contribution is 6.06. The van der Waals surface area contributed by atoms with Crippen LogP contribution in [0.1, 0.15) is 26.0 Å². The van der Waals surface area contributed by atoms with Crippen LogP contribution in [0.5, 0.6) is 0 Å².